The summed E-state index contributed by atoms with van der Waals surface area (Å²) in [6, 6.07) is 84.5. The maximum atomic E-state index is 13.6. The van der Waals surface area contributed by atoms with E-state index in [9.17, 15) is 39.0 Å². The Labute approximate surface area is 865 Å². The highest BCUT2D eigenvalue weighted by Gasteiger charge is 2.57. The van der Waals surface area contributed by atoms with Crippen molar-refractivity contribution >= 4 is 90.8 Å². The van der Waals surface area contributed by atoms with Crippen LogP contribution in [0.2, 0.25) is 0 Å². The van der Waals surface area contributed by atoms with Crippen LogP contribution in [0.25, 0.3) is 89.1 Å². The van der Waals surface area contributed by atoms with Crippen LogP contribution in [-0.2, 0) is 11.1 Å². The van der Waals surface area contributed by atoms with Gasteiger partial charge in [0.2, 0.25) is 10.7 Å². The first kappa shape index (κ1) is 103. The van der Waals surface area contributed by atoms with Crippen molar-refractivity contribution < 1.29 is 56.5 Å². The number of anilines is 6. The molecular formula is C124H134N10O14+2. The third kappa shape index (κ3) is 18.8. The first-order valence-electron chi connectivity index (χ1n) is 52.4. The molecule has 12 aromatic rings. The van der Waals surface area contributed by atoms with Crippen molar-refractivity contribution in [2.45, 2.75) is 134 Å². The fourth-order valence-electron chi connectivity index (χ4n) is 22.4. The Morgan fingerprint density at radius 1 is 0.331 bits per heavy atom. The maximum Gasteiger partial charge on any atom is 0.347 e. The van der Waals surface area contributed by atoms with Gasteiger partial charge in [0.1, 0.15) is 100 Å². The summed E-state index contributed by atoms with van der Waals surface area (Å²) < 4.78 is 42.3. The number of benzene rings is 12. The van der Waals surface area contributed by atoms with Gasteiger partial charge in [-0.05, 0) is 248 Å². The molecule has 2 amide bonds. The second-order valence-corrected chi connectivity index (χ2v) is 37.3. The van der Waals surface area contributed by atoms with E-state index in [0.29, 0.717) is 62.7 Å². The van der Waals surface area contributed by atoms with E-state index in [2.05, 4.69) is 252 Å². The lowest BCUT2D eigenvalue weighted by molar-refractivity contribution is 0.0464. The molecule has 2 atom stereocenters. The van der Waals surface area contributed by atoms with Crippen molar-refractivity contribution in [2.75, 3.05) is 148 Å². The number of aromatic carboxylic acids is 2. The highest BCUT2D eigenvalue weighted by Crippen LogP contribution is 2.60. The number of carbonyl (C=O) groups is 4. The van der Waals surface area contributed by atoms with Gasteiger partial charge in [-0.25, -0.2) is 28.3 Å². The second kappa shape index (κ2) is 44.1. The summed E-state index contributed by atoms with van der Waals surface area (Å²) in [6.07, 6.45) is -0.212. The van der Waals surface area contributed by atoms with Crippen LogP contribution >= 0.6 is 0 Å². The molecule has 8 heterocycles. The van der Waals surface area contributed by atoms with Crippen LogP contribution < -0.4 is 70.0 Å². The Morgan fingerprint density at radius 3 is 1.22 bits per heavy atom. The van der Waals surface area contributed by atoms with E-state index in [1.54, 1.807) is 48.5 Å². The van der Waals surface area contributed by atoms with Crippen molar-refractivity contribution in [3.8, 4) is 73.5 Å². The molecule has 2 aromatic heterocycles. The molecule has 0 radical (unpaired) electrons. The molecule has 0 saturated carbocycles. The summed E-state index contributed by atoms with van der Waals surface area (Å²) in [6.45, 7) is 48.0. The average molecular weight is 1990 g/mol. The number of fused-ring (bicyclic) bond motifs is 15. The Balaban J connectivity index is 0.000000135. The first-order valence-corrected chi connectivity index (χ1v) is 52.4. The number of carboxylic acids is 2. The van der Waals surface area contributed by atoms with Crippen molar-refractivity contribution in [1.29, 1.82) is 0 Å². The molecule has 2 aliphatic carbocycles. The van der Waals surface area contributed by atoms with Crippen molar-refractivity contribution in [2.24, 2.45) is 0 Å². The number of nitrogens with zero attached hydrogens (tertiary/aromatic N) is 10. The van der Waals surface area contributed by atoms with E-state index in [4.69, 9.17) is 27.1 Å². The van der Waals surface area contributed by atoms with E-state index in [0.717, 1.165) is 239 Å². The molecule has 24 nitrogen and oxygen atoms in total. The van der Waals surface area contributed by atoms with Crippen molar-refractivity contribution in [3.05, 3.63) is 348 Å². The van der Waals surface area contributed by atoms with Gasteiger partial charge in [-0.3, -0.25) is 9.59 Å². The number of carboxylic acid groups (broad SMARTS) is 2. The van der Waals surface area contributed by atoms with Crippen molar-refractivity contribution in [3.63, 3.8) is 0 Å². The van der Waals surface area contributed by atoms with Gasteiger partial charge in [0.25, 0.3) is 11.8 Å². The quantitative estimate of drug-likeness (QED) is 0.0263. The number of ether oxygens (including phenoxy) is 2. The second-order valence-electron chi connectivity index (χ2n) is 37.3. The minimum atomic E-state index is -1.03. The zero-order valence-corrected chi connectivity index (χ0v) is 88.2. The van der Waals surface area contributed by atoms with E-state index >= 15 is 0 Å². The van der Waals surface area contributed by atoms with Crippen LogP contribution in [0.3, 0.4) is 0 Å². The van der Waals surface area contributed by atoms with E-state index in [1.165, 1.54) is 0 Å². The lowest BCUT2D eigenvalue weighted by atomic mass is 9.75. The fourth-order valence-corrected chi connectivity index (χ4v) is 22.4. The highest BCUT2D eigenvalue weighted by atomic mass is 16.5. The van der Waals surface area contributed by atoms with Gasteiger partial charge in [0, 0.05) is 242 Å². The number of hydrogen-bond donors (Lipinski definition) is 2. The zero-order valence-electron chi connectivity index (χ0n) is 88.2. The summed E-state index contributed by atoms with van der Waals surface area (Å²) in [7, 11) is 3.77. The van der Waals surface area contributed by atoms with Crippen LogP contribution in [-0.4, -0.2) is 163 Å². The summed E-state index contributed by atoms with van der Waals surface area (Å²) in [4.78, 5) is 95.5. The average Bonchev–Trinajstić information content (AvgIpc) is 1.48. The Bertz CT molecular complexity index is 7850. The van der Waals surface area contributed by atoms with Gasteiger partial charge in [0.05, 0.1) is 28.8 Å². The van der Waals surface area contributed by atoms with Crippen LogP contribution in [0.15, 0.2) is 288 Å². The number of amides is 2. The van der Waals surface area contributed by atoms with Gasteiger partial charge in [0.15, 0.2) is 0 Å². The third-order valence-electron chi connectivity index (χ3n) is 30.3. The molecule has 8 aliphatic rings. The molecule has 20 rings (SSSR count). The molecule has 0 bridgehead atoms. The van der Waals surface area contributed by atoms with Gasteiger partial charge in [-0.2, -0.15) is 0 Å². The van der Waals surface area contributed by atoms with Gasteiger partial charge in [-0.1, -0.05) is 91.0 Å². The predicted molar refractivity (Wildman–Crippen MR) is 596 cm³/mol. The van der Waals surface area contributed by atoms with Gasteiger partial charge < -0.3 is 76.6 Å². The summed E-state index contributed by atoms with van der Waals surface area (Å²) in [5.74, 6) is 1.94. The monoisotopic (exact) mass is 1990 g/mol. The molecule has 148 heavy (non-hydrogen) atoms. The van der Waals surface area contributed by atoms with E-state index in [1.807, 2.05) is 133 Å². The van der Waals surface area contributed by atoms with E-state index in [-0.39, 0.29) is 28.5 Å². The molecule has 2 spiro atoms. The number of carbonyl (C=O) groups excluding carboxylic acids is 2. The largest absolute Gasteiger partial charge is 0.485 e. The molecular weight excluding hydrogens is 1850 g/mol. The third-order valence-corrected chi connectivity index (χ3v) is 30.3. The lowest BCUT2D eigenvalue weighted by Gasteiger charge is -2.44. The smallest absolute Gasteiger partial charge is 0.347 e. The van der Waals surface area contributed by atoms with Crippen LogP contribution in [0, 0.1) is 0 Å². The highest BCUT2D eigenvalue weighted by molar-refractivity contribution is 6.09. The van der Waals surface area contributed by atoms with Crippen LogP contribution in [0.1, 0.15) is 198 Å². The van der Waals surface area contributed by atoms with Crippen molar-refractivity contribution in [1.82, 2.24) is 19.0 Å². The normalized spacial score (nSPS) is 14.3. The molecule has 2 N–H and O–H groups in total. The predicted octanol–water partition coefficient (Wildman–Crippen LogP) is 23.9. The fraction of sp³-hybridized carbons (Fsp3) is 0.306. The molecule has 6 aliphatic heterocycles. The molecule has 762 valence electrons. The lowest BCUT2D eigenvalue weighted by Crippen LogP contribution is -2.46. The Morgan fingerprint density at radius 2 is 0.723 bits per heavy atom. The summed E-state index contributed by atoms with van der Waals surface area (Å²) in [5, 5.41) is 24.4. The Kier molecular flexibility index (Phi) is 30.8. The maximum absolute atomic E-state index is 13.6. The van der Waals surface area contributed by atoms with Crippen LogP contribution in [0.5, 0.6) is 17.2 Å². The zero-order chi connectivity index (χ0) is 105. The summed E-state index contributed by atoms with van der Waals surface area (Å²) in [5.41, 5.74) is 17.7. The Hall–Kier alpha value is -16.0. The van der Waals surface area contributed by atoms with Crippen LogP contribution in [0.4, 0.5) is 34.1 Å². The van der Waals surface area contributed by atoms with Gasteiger partial charge >= 0.3 is 23.2 Å². The number of rotatable bonds is 28. The number of hydrogen-bond acceptors (Lipinski definition) is 18. The SMILES string of the molecule is CCN(CC)c1ccc2c(-c3ccccc3C(=O)O)c3ccc(=[N+](CC)CC)cc-3oc2c1.CCN(CC)c1ccc2c(c1)OC(c1cc3ccc(N(CC)CC)cc3oc1=O)CC21c2ccccc2C(=O)N1C.CCN(CC)c1ccc2c(c1)Oc1cc(N(CC)CC)ccc1C21c2ccccc2C(=O)N1C.CCN(CC)c1ccc2cc(-c3cc(-c4ccccc4C(=O)O)c4ccc(=[N+](CC)CC)cc-4o3)c(=O)oc2c1. The topological polar surface area (TPSA) is 246 Å². The minimum Gasteiger partial charge on any atom is -0.485 e. The molecule has 2 unspecified atom stereocenters. The molecule has 24 heteroatoms. The minimum absolute atomic E-state index is 0.0329. The first-order chi connectivity index (χ1) is 71.7. The standard InChI is InChI=1S/C34H37N3O4.C33H32N2O5.C29H33N3O2.C28H30N2O3/c1-6-36(7-2)23-15-14-22-18-26(33(39)41-29(22)19-23)31-21-34(27-13-11-10-12-25(27)32(38)35(34)5)28-17-16-24(20-30(28)40-31)37(8-3)9-4;1-5-34(6-2)22-14-13-21-17-28(33(38)40-29(21)18-22)31-20-27(24-11-9-10-12-26(24)32(36)37)25-16-15-23(19-30(25)39-31)35(7-3)8-4;1-6-31(7-2)20-14-16-24-26(18-20)34-27-19-21(32(8-3)9-4)15-17-25(27)29(24)23-13-11-10-12-22(23)28(33)30(29)5;1-5-29(6-2)19-13-15-23-25(17-19)33-26-18-20(30(7-3)8-4)14-16-24(26)27(23)21-11-9-10-12-22(21)28(31)32/h10-20,31H,6-9,21H2,1-5H3;9-20H,5-8H2,1-4H3;10-19H,6-9H2,1-5H3;9-18H,5-8H2,1-4H3/p+2. The molecule has 0 saturated heterocycles. The van der Waals surface area contributed by atoms with Gasteiger partial charge in [-0.15, -0.1) is 0 Å². The summed E-state index contributed by atoms with van der Waals surface area (Å²) >= 11 is 0. The molecule has 0 fully saturated rings. The van der Waals surface area contributed by atoms with E-state index < -0.39 is 40.4 Å². The molecule has 10 aromatic carbocycles.